The van der Waals surface area contributed by atoms with Crippen molar-refractivity contribution in [1.29, 1.82) is 0 Å². The van der Waals surface area contributed by atoms with Gasteiger partial charge in [0, 0.05) is 12.8 Å². The van der Waals surface area contributed by atoms with Crippen molar-refractivity contribution in [3.63, 3.8) is 0 Å². The molecule has 80 valence electrons. The molecule has 0 aliphatic carbocycles. The van der Waals surface area contributed by atoms with Gasteiger partial charge in [-0.25, -0.2) is 0 Å². The minimum atomic E-state index is -0.768. The average Bonchev–Trinajstić information content (AvgIpc) is 2.52. The monoisotopic (exact) mass is 206 g/mol. The van der Waals surface area contributed by atoms with Crippen LogP contribution in [0.25, 0.3) is 0 Å². The van der Waals surface area contributed by atoms with E-state index in [1.807, 2.05) is 31.2 Å². The molecule has 0 aromatic heterocycles. The predicted octanol–water partition coefficient (Wildman–Crippen LogP) is 2.25. The van der Waals surface area contributed by atoms with Crippen molar-refractivity contribution in [2.45, 2.75) is 31.8 Å². The Bertz CT molecular complexity index is 359. The van der Waals surface area contributed by atoms with Crippen LogP contribution in [-0.4, -0.2) is 16.7 Å². The maximum absolute atomic E-state index is 10.5. The number of hydrogen-bond donors (Lipinski definition) is 1. The summed E-state index contributed by atoms with van der Waals surface area (Å²) in [4.78, 5) is 10.5. The SMILES string of the molecule is CC1(CCC(=O)O)Cc2ccccc2O1. The average molecular weight is 206 g/mol. The predicted molar refractivity (Wildman–Crippen MR) is 56.0 cm³/mol. The molecule has 1 heterocycles. The third-order valence-corrected chi connectivity index (χ3v) is 2.76. The van der Waals surface area contributed by atoms with Gasteiger partial charge in [-0.3, -0.25) is 4.79 Å². The topological polar surface area (TPSA) is 46.5 Å². The smallest absolute Gasteiger partial charge is 0.303 e. The Labute approximate surface area is 88.7 Å². The molecule has 0 amide bonds. The molecule has 0 saturated carbocycles. The number of carboxylic acids is 1. The molecule has 0 saturated heterocycles. The van der Waals surface area contributed by atoms with Gasteiger partial charge in [0.05, 0.1) is 0 Å². The summed E-state index contributed by atoms with van der Waals surface area (Å²) in [6.45, 7) is 1.97. The van der Waals surface area contributed by atoms with Crippen LogP contribution in [0, 0.1) is 0 Å². The molecule has 3 nitrogen and oxygen atoms in total. The van der Waals surface area contributed by atoms with Crippen LogP contribution in [0.4, 0.5) is 0 Å². The van der Waals surface area contributed by atoms with Gasteiger partial charge in [-0.1, -0.05) is 18.2 Å². The molecule has 1 unspecified atom stereocenters. The molecular formula is C12H14O3. The first kappa shape index (κ1) is 10.0. The standard InChI is InChI=1S/C12H14O3/c1-12(7-6-11(13)14)8-9-4-2-3-5-10(9)15-12/h2-5H,6-8H2,1H3,(H,13,14). The van der Waals surface area contributed by atoms with Gasteiger partial charge in [0.25, 0.3) is 0 Å². The summed E-state index contributed by atoms with van der Waals surface area (Å²) in [6.07, 6.45) is 1.51. The van der Waals surface area contributed by atoms with E-state index in [1.54, 1.807) is 0 Å². The van der Waals surface area contributed by atoms with Crippen molar-refractivity contribution >= 4 is 5.97 Å². The Morgan fingerprint density at radius 3 is 2.93 bits per heavy atom. The number of aliphatic carboxylic acids is 1. The fourth-order valence-electron chi connectivity index (χ4n) is 1.96. The van der Waals surface area contributed by atoms with Gasteiger partial charge >= 0.3 is 5.97 Å². The number of carbonyl (C=O) groups is 1. The van der Waals surface area contributed by atoms with Crippen LogP contribution in [0.2, 0.25) is 0 Å². The van der Waals surface area contributed by atoms with Crippen molar-refractivity contribution < 1.29 is 14.6 Å². The van der Waals surface area contributed by atoms with Gasteiger partial charge in [-0.2, -0.15) is 0 Å². The van der Waals surface area contributed by atoms with Crippen LogP contribution in [0.15, 0.2) is 24.3 Å². The van der Waals surface area contributed by atoms with Crippen LogP contribution >= 0.6 is 0 Å². The van der Waals surface area contributed by atoms with E-state index < -0.39 is 5.97 Å². The van der Waals surface area contributed by atoms with E-state index in [-0.39, 0.29) is 12.0 Å². The van der Waals surface area contributed by atoms with Crippen LogP contribution < -0.4 is 4.74 Å². The number of ether oxygens (including phenoxy) is 1. The summed E-state index contributed by atoms with van der Waals surface area (Å²) in [5, 5.41) is 8.65. The highest BCUT2D eigenvalue weighted by Gasteiger charge is 2.34. The highest BCUT2D eigenvalue weighted by Crippen LogP contribution is 2.36. The summed E-state index contributed by atoms with van der Waals surface area (Å²) in [6, 6.07) is 7.87. The molecule has 1 aliphatic rings. The van der Waals surface area contributed by atoms with E-state index in [4.69, 9.17) is 9.84 Å². The Balaban J connectivity index is 2.07. The lowest BCUT2D eigenvalue weighted by Crippen LogP contribution is -2.30. The van der Waals surface area contributed by atoms with Gasteiger partial charge in [-0.05, 0) is 25.0 Å². The molecule has 0 radical (unpaired) electrons. The fourth-order valence-corrected chi connectivity index (χ4v) is 1.96. The van der Waals surface area contributed by atoms with E-state index >= 15 is 0 Å². The molecule has 1 atom stereocenters. The molecule has 1 aromatic carbocycles. The van der Waals surface area contributed by atoms with Crippen LogP contribution in [0.1, 0.15) is 25.3 Å². The van der Waals surface area contributed by atoms with Crippen molar-refractivity contribution in [2.24, 2.45) is 0 Å². The third-order valence-electron chi connectivity index (χ3n) is 2.76. The molecule has 1 aliphatic heterocycles. The zero-order chi connectivity index (χ0) is 10.9. The van der Waals surface area contributed by atoms with Gasteiger partial charge in [0.15, 0.2) is 0 Å². The minimum absolute atomic E-state index is 0.157. The molecule has 0 spiro atoms. The Kier molecular flexibility index (Phi) is 2.39. The quantitative estimate of drug-likeness (QED) is 0.825. The zero-order valence-electron chi connectivity index (χ0n) is 8.69. The van der Waals surface area contributed by atoms with Crippen LogP contribution in [0.5, 0.6) is 5.75 Å². The lowest BCUT2D eigenvalue weighted by Gasteiger charge is -2.22. The number of benzene rings is 1. The van der Waals surface area contributed by atoms with Crippen LogP contribution in [-0.2, 0) is 11.2 Å². The molecule has 0 fully saturated rings. The van der Waals surface area contributed by atoms with E-state index in [1.165, 1.54) is 5.56 Å². The second-order valence-corrected chi connectivity index (χ2v) is 4.23. The molecule has 0 bridgehead atoms. The number of hydrogen-bond acceptors (Lipinski definition) is 2. The van der Waals surface area contributed by atoms with Gasteiger partial charge in [0.1, 0.15) is 11.4 Å². The maximum atomic E-state index is 10.5. The first-order valence-corrected chi connectivity index (χ1v) is 5.08. The highest BCUT2D eigenvalue weighted by molar-refractivity contribution is 5.66. The van der Waals surface area contributed by atoms with E-state index in [0.717, 1.165) is 12.2 Å². The highest BCUT2D eigenvalue weighted by atomic mass is 16.5. The second kappa shape index (κ2) is 3.57. The molecule has 15 heavy (non-hydrogen) atoms. The summed E-state index contributed by atoms with van der Waals surface area (Å²) in [5.41, 5.74) is 0.826. The van der Waals surface area contributed by atoms with E-state index in [2.05, 4.69) is 0 Å². The van der Waals surface area contributed by atoms with E-state index in [9.17, 15) is 4.79 Å². The lowest BCUT2D eigenvalue weighted by molar-refractivity contribution is -0.138. The zero-order valence-corrected chi connectivity index (χ0v) is 8.69. The first-order chi connectivity index (χ1) is 7.09. The van der Waals surface area contributed by atoms with Crippen molar-refractivity contribution in [3.05, 3.63) is 29.8 Å². The van der Waals surface area contributed by atoms with E-state index in [0.29, 0.717) is 6.42 Å². The molecule has 1 N–H and O–H groups in total. The number of para-hydroxylation sites is 1. The molecule has 1 aromatic rings. The number of carboxylic acid groups (broad SMARTS) is 1. The summed E-state index contributed by atoms with van der Waals surface area (Å²) < 4.78 is 5.78. The van der Waals surface area contributed by atoms with Gasteiger partial charge < -0.3 is 9.84 Å². The number of fused-ring (bicyclic) bond motifs is 1. The van der Waals surface area contributed by atoms with Crippen molar-refractivity contribution in [1.82, 2.24) is 0 Å². The number of rotatable bonds is 3. The largest absolute Gasteiger partial charge is 0.487 e. The fraction of sp³-hybridized carbons (Fsp3) is 0.417. The minimum Gasteiger partial charge on any atom is -0.487 e. The lowest BCUT2D eigenvalue weighted by atomic mass is 9.94. The van der Waals surface area contributed by atoms with Crippen LogP contribution in [0.3, 0.4) is 0 Å². The van der Waals surface area contributed by atoms with Crippen molar-refractivity contribution in [3.8, 4) is 5.75 Å². The normalized spacial score (nSPS) is 23.3. The van der Waals surface area contributed by atoms with Gasteiger partial charge in [-0.15, -0.1) is 0 Å². The Morgan fingerprint density at radius 1 is 1.53 bits per heavy atom. The third kappa shape index (κ3) is 2.12. The first-order valence-electron chi connectivity index (χ1n) is 5.08. The summed E-state index contributed by atoms with van der Waals surface area (Å²) >= 11 is 0. The second-order valence-electron chi connectivity index (χ2n) is 4.23. The molecule has 2 rings (SSSR count). The Hall–Kier alpha value is -1.51. The van der Waals surface area contributed by atoms with Gasteiger partial charge in [0.2, 0.25) is 0 Å². The molecular weight excluding hydrogens is 192 g/mol. The summed E-state index contributed by atoms with van der Waals surface area (Å²) in [7, 11) is 0. The maximum Gasteiger partial charge on any atom is 0.303 e. The Morgan fingerprint density at radius 2 is 2.27 bits per heavy atom. The van der Waals surface area contributed by atoms with Crippen molar-refractivity contribution in [2.75, 3.05) is 0 Å². The summed E-state index contributed by atoms with van der Waals surface area (Å²) in [5.74, 6) is 0.126. The molecule has 3 heteroatoms.